The molecule has 0 spiro atoms. The van der Waals surface area contributed by atoms with E-state index in [-0.39, 0.29) is 0 Å². The van der Waals surface area contributed by atoms with Crippen LogP contribution in [0.2, 0.25) is 0 Å². The number of hydrogen-bond donors (Lipinski definition) is 0. The first-order valence-electron chi connectivity index (χ1n) is 17.0. The van der Waals surface area contributed by atoms with Crippen molar-refractivity contribution in [2.45, 2.75) is 0 Å². The van der Waals surface area contributed by atoms with Gasteiger partial charge in [-0.15, -0.1) is 0 Å². The molecule has 0 aliphatic rings. The monoisotopic (exact) mass is 621 g/mol. The first-order valence-corrected chi connectivity index (χ1v) is 17.0. The van der Waals surface area contributed by atoms with Crippen molar-refractivity contribution < 1.29 is 0 Å². The molecule has 0 aliphatic heterocycles. The summed E-state index contributed by atoms with van der Waals surface area (Å²) in [5, 5.41) is 10.2. The molecule has 0 saturated heterocycles. The number of benzene rings is 8. The largest absolute Gasteiger partial charge is 0.309 e. The Morgan fingerprint density at radius 2 is 0.796 bits per heavy atom. The highest BCUT2D eigenvalue weighted by Crippen LogP contribution is 2.46. The smallest absolute Gasteiger partial charge is 0.0703 e. The molecule has 0 unspecified atom stereocenters. The van der Waals surface area contributed by atoms with Crippen molar-refractivity contribution in [3.05, 3.63) is 164 Å². The fraction of sp³-hybridized carbons (Fsp3) is 0. The van der Waals surface area contributed by atoms with Gasteiger partial charge in [0.05, 0.1) is 44.1 Å². The summed E-state index contributed by atoms with van der Waals surface area (Å²) in [5.41, 5.74) is 13.4. The summed E-state index contributed by atoms with van der Waals surface area (Å²) < 4.78 is 7.52. The van der Waals surface area contributed by atoms with Crippen LogP contribution in [-0.2, 0) is 0 Å². The van der Waals surface area contributed by atoms with E-state index in [1.807, 2.05) is 0 Å². The van der Waals surface area contributed by atoms with Crippen LogP contribution in [0.5, 0.6) is 0 Å². The second-order valence-corrected chi connectivity index (χ2v) is 13.3. The topological polar surface area (TPSA) is 13.8 Å². The van der Waals surface area contributed by atoms with Gasteiger partial charge in [-0.25, -0.2) is 0 Å². The molecule has 0 radical (unpaired) electrons. The van der Waals surface area contributed by atoms with Gasteiger partial charge in [0, 0.05) is 38.0 Å². The molecule has 0 atom stereocenters. The number of hydrogen-bond acceptors (Lipinski definition) is 0. The van der Waals surface area contributed by atoms with Crippen LogP contribution in [0.3, 0.4) is 0 Å². The van der Waals surface area contributed by atoms with E-state index in [0.717, 1.165) is 5.69 Å². The Morgan fingerprint density at radius 3 is 1.39 bits per heavy atom. The molecule has 0 fully saturated rings. The second-order valence-electron chi connectivity index (χ2n) is 13.3. The third-order valence-electron chi connectivity index (χ3n) is 11.0. The standard InChI is InChI=1S/C46H27N3/c1-2-12-31-28(10-1)11-9-15-32(31)29-20-22-30(23-21-29)47-41-26-24-35-33-13-3-5-16-37(33)48-39-18-7-8-19-40(39)49-38-17-6-4-14-34(38)36-25-27-42(47)44(46(36)49)43(41)45(35)48/h1-27H. The van der Waals surface area contributed by atoms with Crippen molar-refractivity contribution in [2.75, 3.05) is 0 Å². The van der Waals surface area contributed by atoms with Crippen LogP contribution in [0, 0.1) is 0 Å². The van der Waals surface area contributed by atoms with Crippen molar-refractivity contribution in [3.8, 4) is 16.8 Å². The zero-order chi connectivity index (χ0) is 31.8. The molecular formula is C46H27N3. The summed E-state index contributed by atoms with van der Waals surface area (Å²) in [4.78, 5) is 0. The van der Waals surface area contributed by atoms with Gasteiger partial charge in [0.15, 0.2) is 0 Å². The molecule has 0 saturated carbocycles. The van der Waals surface area contributed by atoms with E-state index >= 15 is 0 Å². The van der Waals surface area contributed by atoms with Gasteiger partial charge in [-0.2, -0.15) is 0 Å². The van der Waals surface area contributed by atoms with E-state index < -0.39 is 0 Å². The predicted octanol–water partition coefficient (Wildman–Crippen LogP) is 12.2. The van der Waals surface area contributed by atoms with Crippen molar-refractivity contribution in [2.24, 2.45) is 0 Å². The number of fused-ring (bicyclic) bond motifs is 10. The lowest BCUT2D eigenvalue weighted by atomic mass is 9.98. The third kappa shape index (κ3) is 3.13. The second kappa shape index (κ2) is 9.06. The summed E-state index contributed by atoms with van der Waals surface area (Å²) in [6, 6.07) is 60.4. The normalized spacial score (nSPS) is 12.5. The van der Waals surface area contributed by atoms with Gasteiger partial charge in [0.2, 0.25) is 0 Å². The molecule has 3 nitrogen and oxygen atoms in total. The van der Waals surface area contributed by atoms with E-state index in [4.69, 9.17) is 0 Å². The van der Waals surface area contributed by atoms with Gasteiger partial charge in [-0.3, -0.25) is 0 Å². The first kappa shape index (κ1) is 25.5. The fourth-order valence-corrected chi connectivity index (χ4v) is 8.98. The van der Waals surface area contributed by atoms with E-state index in [1.54, 1.807) is 0 Å². The predicted molar refractivity (Wildman–Crippen MR) is 207 cm³/mol. The van der Waals surface area contributed by atoms with Crippen LogP contribution in [0.25, 0.3) is 104 Å². The molecule has 4 heterocycles. The van der Waals surface area contributed by atoms with Crippen LogP contribution in [0.1, 0.15) is 0 Å². The maximum Gasteiger partial charge on any atom is 0.0703 e. The van der Waals surface area contributed by atoms with Gasteiger partial charge < -0.3 is 13.4 Å². The van der Waals surface area contributed by atoms with Gasteiger partial charge in [-0.1, -0.05) is 115 Å². The molecule has 0 bridgehead atoms. The van der Waals surface area contributed by atoms with Crippen LogP contribution in [0.4, 0.5) is 0 Å². The molecule has 49 heavy (non-hydrogen) atoms. The van der Waals surface area contributed by atoms with E-state index in [9.17, 15) is 0 Å². The molecule has 0 N–H and O–H groups in total. The summed E-state index contributed by atoms with van der Waals surface area (Å²) in [7, 11) is 0. The lowest BCUT2D eigenvalue weighted by Gasteiger charge is -2.11. The zero-order valence-electron chi connectivity index (χ0n) is 26.4. The van der Waals surface area contributed by atoms with Crippen LogP contribution in [0.15, 0.2) is 164 Å². The van der Waals surface area contributed by atoms with Crippen LogP contribution < -0.4 is 0 Å². The highest BCUT2D eigenvalue weighted by atomic mass is 15.0. The fourth-order valence-electron chi connectivity index (χ4n) is 8.98. The van der Waals surface area contributed by atoms with Crippen molar-refractivity contribution >= 4 is 87.2 Å². The third-order valence-corrected chi connectivity index (χ3v) is 11.0. The van der Waals surface area contributed by atoms with Crippen molar-refractivity contribution in [3.63, 3.8) is 0 Å². The highest BCUT2D eigenvalue weighted by Gasteiger charge is 2.25. The minimum atomic E-state index is 1.16. The molecular weight excluding hydrogens is 595 g/mol. The number of rotatable bonds is 2. The zero-order valence-corrected chi connectivity index (χ0v) is 26.4. The molecule has 0 aliphatic carbocycles. The van der Waals surface area contributed by atoms with Crippen LogP contribution in [-0.4, -0.2) is 13.4 Å². The van der Waals surface area contributed by atoms with Gasteiger partial charge in [-0.05, 0) is 70.4 Å². The lowest BCUT2D eigenvalue weighted by Crippen LogP contribution is -1.94. The van der Waals surface area contributed by atoms with Gasteiger partial charge in [0.25, 0.3) is 0 Å². The van der Waals surface area contributed by atoms with Gasteiger partial charge >= 0.3 is 0 Å². The minimum absolute atomic E-state index is 1.16. The Balaban J connectivity index is 1.29. The summed E-state index contributed by atoms with van der Waals surface area (Å²) >= 11 is 0. The maximum absolute atomic E-state index is 2.52. The average Bonchev–Trinajstić information content (AvgIpc) is 3.79. The minimum Gasteiger partial charge on any atom is -0.309 e. The summed E-state index contributed by atoms with van der Waals surface area (Å²) in [6.45, 7) is 0. The first-order chi connectivity index (χ1) is 24.3. The molecule has 8 aromatic carbocycles. The molecule has 12 aromatic rings. The average molecular weight is 622 g/mol. The molecule has 4 aromatic heterocycles. The van der Waals surface area contributed by atoms with E-state index in [2.05, 4.69) is 177 Å². The van der Waals surface area contributed by atoms with E-state index in [1.165, 1.54) is 98.4 Å². The van der Waals surface area contributed by atoms with Crippen LogP contribution >= 0.6 is 0 Å². The van der Waals surface area contributed by atoms with Gasteiger partial charge in [0.1, 0.15) is 0 Å². The molecule has 3 heteroatoms. The Kier molecular flexibility index (Phi) is 4.72. The summed E-state index contributed by atoms with van der Waals surface area (Å²) in [5.74, 6) is 0. The van der Waals surface area contributed by atoms with E-state index in [0.29, 0.717) is 0 Å². The number of nitrogens with zero attached hydrogens (tertiary/aromatic N) is 3. The molecule has 0 amide bonds. The van der Waals surface area contributed by atoms with Crippen molar-refractivity contribution in [1.29, 1.82) is 0 Å². The Morgan fingerprint density at radius 1 is 0.306 bits per heavy atom. The number of aromatic nitrogens is 3. The number of para-hydroxylation sites is 4. The molecule has 226 valence electrons. The Bertz CT molecular complexity index is 3150. The quantitative estimate of drug-likeness (QED) is 0.182. The molecule has 12 rings (SSSR count). The Labute approximate surface area is 280 Å². The lowest BCUT2D eigenvalue weighted by molar-refractivity contribution is 1.18. The SMILES string of the molecule is c1ccc2c(-c3ccc(-n4c5ccc6c7ccccc7n7c8ccccc8n8c9ccccc9c9ccc4c(c5c67)c98)cc3)cccc2c1. The highest BCUT2D eigenvalue weighted by molar-refractivity contribution is 6.33. The maximum atomic E-state index is 2.52. The Hall–Kier alpha value is -6.58. The summed E-state index contributed by atoms with van der Waals surface area (Å²) in [6.07, 6.45) is 0. The van der Waals surface area contributed by atoms with Crippen molar-refractivity contribution in [1.82, 2.24) is 13.4 Å².